The largest absolute Gasteiger partial charge is 0.501 e. The predicted molar refractivity (Wildman–Crippen MR) is 43.0 cm³/mol. The van der Waals surface area contributed by atoms with Gasteiger partial charge < -0.3 is 3.79 Å². The van der Waals surface area contributed by atoms with E-state index in [-0.39, 0.29) is 0 Å². The molecule has 0 atom stereocenters. The van der Waals surface area contributed by atoms with Crippen molar-refractivity contribution in [2.75, 3.05) is 6.61 Å². The second kappa shape index (κ2) is 6.61. The minimum Gasteiger partial charge on any atom is -0.501 e. The number of hydrogen-bond acceptors (Lipinski definition) is 1. The highest BCUT2D eigenvalue weighted by atomic mass is 27.2. The zero-order chi connectivity index (χ0) is 7.11. The molecule has 0 aliphatic rings. The molecular weight excluding hydrogens is 127 g/mol. The van der Waals surface area contributed by atoms with E-state index in [0.29, 0.717) is 0 Å². The second-order valence-electron chi connectivity index (χ2n) is 2.47. The molecule has 0 saturated carbocycles. The quantitative estimate of drug-likeness (QED) is 0.538. The van der Waals surface area contributed by atoms with Gasteiger partial charge in [-0.05, 0) is 6.42 Å². The Morgan fingerprint density at radius 3 is 2.33 bits per heavy atom. The first-order chi connectivity index (χ1) is 4.31. The topological polar surface area (TPSA) is 9.23 Å². The standard InChI is InChI=1S/C3H7O.C3H7.CH3.Al/c1-2-3-4;1-3-2;;/h2-3H2,1H3;1,3H2,2H3;1H3;/q-1;;;+1. The molecule has 0 aromatic carbocycles. The molecule has 0 spiro atoms. The van der Waals surface area contributed by atoms with E-state index in [0.717, 1.165) is 6.61 Å². The molecule has 0 aromatic heterocycles. The Labute approximate surface area is 63.1 Å². The van der Waals surface area contributed by atoms with Crippen LogP contribution in [0.5, 0.6) is 0 Å². The molecule has 0 aliphatic carbocycles. The van der Waals surface area contributed by atoms with E-state index in [2.05, 4.69) is 19.6 Å². The lowest BCUT2D eigenvalue weighted by Gasteiger charge is -2.04. The predicted octanol–water partition coefficient (Wildman–Crippen LogP) is 2.44. The Balaban J connectivity index is 2.95. The van der Waals surface area contributed by atoms with Crippen molar-refractivity contribution in [1.82, 2.24) is 0 Å². The molecule has 0 bridgehead atoms. The van der Waals surface area contributed by atoms with Crippen molar-refractivity contribution in [1.29, 1.82) is 0 Å². The van der Waals surface area contributed by atoms with E-state index in [9.17, 15) is 0 Å². The summed E-state index contributed by atoms with van der Waals surface area (Å²) in [4.78, 5) is 0. The van der Waals surface area contributed by atoms with Crippen molar-refractivity contribution in [3.63, 3.8) is 0 Å². The third-order valence-corrected chi connectivity index (χ3v) is 3.50. The van der Waals surface area contributed by atoms with Crippen molar-refractivity contribution in [3.05, 3.63) is 0 Å². The van der Waals surface area contributed by atoms with Crippen LogP contribution in [0.15, 0.2) is 0 Å². The summed E-state index contributed by atoms with van der Waals surface area (Å²) < 4.78 is 5.57. The summed E-state index contributed by atoms with van der Waals surface area (Å²) in [7, 11) is 0. The summed E-state index contributed by atoms with van der Waals surface area (Å²) in [6, 6.07) is 0. The van der Waals surface area contributed by atoms with Gasteiger partial charge in [0.25, 0.3) is 0 Å². The van der Waals surface area contributed by atoms with Gasteiger partial charge in [-0.25, -0.2) is 0 Å². The van der Waals surface area contributed by atoms with Gasteiger partial charge in [0.05, 0.1) is 0 Å². The Hall–Kier alpha value is 0.492. The molecule has 2 heteroatoms. The first-order valence-corrected chi connectivity index (χ1v) is 6.37. The maximum atomic E-state index is 5.57. The van der Waals surface area contributed by atoms with Gasteiger partial charge in [0, 0.05) is 6.61 Å². The van der Waals surface area contributed by atoms with Gasteiger partial charge in [-0.2, -0.15) is 0 Å². The first-order valence-electron chi connectivity index (χ1n) is 3.92. The fourth-order valence-electron chi connectivity index (χ4n) is 0.809. The zero-order valence-electron chi connectivity index (χ0n) is 6.81. The molecule has 0 radical (unpaired) electrons. The summed E-state index contributed by atoms with van der Waals surface area (Å²) in [5, 5.41) is 1.33. The molecule has 1 nitrogen and oxygen atoms in total. The summed E-state index contributed by atoms with van der Waals surface area (Å²) in [5.74, 6) is 2.28. The fraction of sp³-hybridized carbons (Fsp3) is 1.00. The van der Waals surface area contributed by atoms with Crippen molar-refractivity contribution in [3.8, 4) is 0 Å². The molecule has 0 rings (SSSR count). The highest BCUT2D eigenvalue weighted by Gasteiger charge is 2.09. The molecule has 0 unspecified atom stereocenters. The van der Waals surface area contributed by atoms with Gasteiger partial charge in [-0.3, -0.25) is 0 Å². The van der Waals surface area contributed by atoms with Gasteiger partial charge in [-0.15, -0.1) is 0 Å². The Morgan fingerprint density at radius 1 is 1.22 bits per heavy atom. The molecule has 0 N–H and O–H groups in total. The summed E-state index contributed by atoms with van der Waals surface area (Å²) in [6.45, 7) is 5.36. The molecule has 0 amide bonds. The zero-order valence-corrected chi connectivity index (χ0v) is 7.97. The average molecular weight is 144 g/mol. The van der Waals surface area contributed by atoms with Crippen molar-refractivity contribution >= 4 is 14.5 Å². The minimum atomic E-state index is -0.720. The maximum Gasteiger partial charge on any atom is 0.457 e. The highest BCUT2D eigenvalue weighted by molar-refractivity contribution is 6.50. The van der Waals surface area contributed by atoms with Crippen LogP contribution in [0.1, 0.15) is 26.7 Å². The Bertz CT molecular complexity index is 56.9. The molecule has 0 aromatic rings. The maximum absolute atomic E-state index is 5.57. The van der Waals surface area contributed by atoms with Crippen LogP contribution in [-0.4, -0.2) is 21.1 Å². The number of rotatable bonds is 5. The average Bonchev–Trinajstić information content (AvgIpc) is 1.85. The van der Waals surface area contributed by atoms with Crippen LogP contribution < -0.4 is 0 Å². The van der Waals surface area contributed by atoms with E-state index >= 15 is 0 Å². The molecule has 0 fully saturated rings. The molecule has 9 heavy (non-hydrogen) atoms. The lowest BCUT2D eigenvalue weighted by molar-refractivity contribution is 0.321. The number of hydrogen-bond donors (Lipinski definition) is 0. The van der Waals surface area contributed by atoms with Crippen molar-refractivity contribution in [2.45, 2.75) is 37.8 Å². The van der Waals surface area contributed by atoms with Crippen LogP contribution in [0.2, 0.25) is 11.1 Å². The van der Waals surface area contributed by atoms with Crippen molar-refractivity contribution < 1.29 is 3.79 Å². The van der Waals surface area contributed by atoms with Crippen LogP contribution in [-0.2, 0) is 3.79 Å². The van der Waals surface area contributed by atoms with Gasteiger partial charge in [0.15, 0.2) is 0 Å². The normalized spacial score (nSPS) is 9.67. The van der Waals surface area contributed by atoms with Crippen LogP contribution in [0.25, 0.3) is 0 Å². The van der Waals surface area contributed by atoms with Gasteiger partial charge in [0.2, 0.25) is 0 Å². The van der Waals surface area contributed by atoms with E-state index in [4.69, 9.17) is 3.79 Å². The molecule has 0 aliphatic heterocycles. The third kappa shape index (κ3) is 6.38. The molecule has 54 valence electrons. The van der Waals surface area contributed by atoms with E-state index in [1.54, 1.807) is 0 Å². The summed E-state index contributed by atoms with van der Waals surface area (Å²) in [6.07, 6.45) is 2.46. The Kier molecular flexibility index (Phi) is 6.97. The summed E-state index contributed by atoms with van der Waals surface area (Å²) in [5.41, 5.74) is 0. The molecular formula is C7H17AlO. The molecule has 0 heterocycles. The minimum absolute atomic E-state index is 0.720. The van der Waals surface area contributed by atoms with Gasteiger partial charge in [-0.1, -0.05) is 31.3 Å². The van der Waals surface area contributed by atoms with E-state index < -0.39 is 14.5 Å². The van der Waals surface area contributed by atoms with E-state index in [1.807, 2.05) is 0 Å². The highest BCUT2D eigenvalue weighted by Crippen LogP contribution is 1.98. The van der Waals surface area contributed by atoms with Crippen LogP contribution in [0, 0.1) is 0 Å². The van der Waals surface area contributed by atoms with Crippen LogP contribution in [0.4, 0.5) is 0 Å². The monoisotopic (exact) mass is 144 g/mol. The van der Waals surface area contributed by atoms with Crippen LogP contribution in [0.3, 0.4) is 0 Å². The second-order valence-corrected chi connectivity index (χ2v) is 5.00. The summed E-state index contributed by atoms with van der Waals surface area (Å²) >= 11 is -0.720. The lowest BCUT2D eigenvalue weighted by atomic mass is 10.5. The van der Waals surface area contributed by atoms with E-state index in [1.165, 1.54) is 18.1 Å². The van der Waals surface area contributed by atoms with Crippen LogP contribution >= 0.6 is 0 Å². The SMILES string of the molecule is CCC[O][Al]([CH3])[CH2]CC. The smallest absolute Gasteiger partial charge is 0.457 e. The first kappa shape index (κ1) is 9.49. The third-order valence-electron chi connectivity index (χ3n) is 1.30. The molecule has 0 saturated heterocycles. The fourth-order valence-corrected chi connectivity index (χ4v) is 2.43. The van der Waals surface area contributed by atoms with Crippen molar-refractivity contribution in [2.24, 2.45) is 0 Å². The Morgan fingerprint density at radius 2 is 1.89 bits per heavy atom. The lowest BCUT2D eigenvalue weighted by Crippen LogP contribution is -2.12. The van der Waals surface area contributed by atoms with Gasteiger partial charge >= 0.3 is 14.5 Å². The van der Waals surface area contributed by atoms with Gasteiger partial charge in [0.1, 0.15) is 0 Å².